The molecule has 5 nitrogen and oxygen atoms in total. The van der Waals surface area contributed by atoms with E-state index in [1.807, 2.05) is 0 Å². The highest BCUT2D eigenvalue weighted by atomic mass is 32.1. The molecule has 0 bridgehead atoms. The normalized spacial score (nSPS) is 34.5. The van der Waals surface area contributed by atoms with Gasteiger partial charge in [-0.15, -0.1) is 5.11 Å². The van der Waals surface area contributed by atoms with E-state index in [0.717, 1.165) is 0 Å². The van der Waals surface area contributed by atoms with Crippen LogP contribution in [0.2, 0.25) is 0 Å². The third-order valence-corrected chi connectivity index (χ3v) is 2.11. The van der Waals surface area contributed by atoms with Gasteiger partial charge in [-0.05, 0) is 0 Å². The number of nitrogens with zero attached hydrogens (tertiary/aromatic N) is 2. The lowest BCUT2D eigenvalue weighted by atomic mass is 10.1. The van der Waals surface area contributed by atoms with Crippen LogP contribution in [0, 0.1) is 0 Å². The second-order valence-corrected chi connectivity index (χ2v) is 3.04. The van der Waals surface area contributed by atoms with Crippen LogP contribution in [0.25, 0.3) is 0 Å². The number of nitrogens with one attached hydrogen (secondary N) is 2. The predicted molar refractivity (Wildman–Crippen MR) is 40.7 cm³/mol. The number of rotatable bonds is 0. The molecule has 2 N–H and O–H groups in total. The number of carbonyl (C=O) groups is 1. The van der Waals surface area contributed by atoms with Gasteiger partial charge in [0.1, 0.15) is 0 Å². The predicted octanol–water partition coefficient (Wildman–Crippen LogP) is -0.110. The summed E-state index contributed by atoms with van der Waals surface area (Å²) in [6, 6.07) is 0. The van der Waals surface area contributed by atoms with Gasteiger partial charge in [-0.1, -0.05) is 17.4 Å². The molecule has 1 spiro atoms. The average Bonchev–Trinajstić information content (AvgIpc) is 2.46. The summed E-state index contributed by atoms with van der Waals surface area (Å²) >= 11 is 4.89. The maximum absolute atomic E-state index is 11.1. The maximum atomic E-state index is 11.1. The molecular weight excluding hydrogens is 164 g/mol. The van der Waals surface area contributed by atoms with E-state index in [1.165, 1.54) is 0 Å². The van der Waals surface area contributed by atoms with Gasteiger partial charge in [0.2, 0.25) is 5.66 Å². The Hall–Kier alpha value is -1.04. The monoisotopic (exact) mass is 170 g/mol. The zero-order chi connectivity index (χ0) is 7.90. The number of hydrogen-bond acceptors (Lipinski definition) is 4. The molecule has 1 atom stereocenters. The summed E-state index contributed by atoms with van der Waals surface area (Å²) < 4.78 is 0. The second-order valence-electron chi connectivity index (χ2n) is 2.55. The molecule has 0 aromatic rings. The average molecular weight is 170 g/mol. The molecule has 0 aromatic heterocycles. The van der Waals surface area contributed by atoms with Crippen molar-refractivity contribution in [1.29, 1.82) is 0 Å². The molecule has 2 rings (SSSR count). The van der Waals surface area contributed by atoms with Gasteiger partial charge in [0.05, 0.1) is 4.99 Å². The van der Waals surface area contributed by atoms with Crippen LogP contribution in [0.3, 0.4) is 0 Å². The smallest absolute Gasteiger partial charge is 0.291 e. The lowest BCUT2D eigenvalue weighted by Crippen LogP contribution is -2.47. The van der Waals surface area contributed by atoms with Crippen LogP contribution in [0.5, 0.6) is 0 Å². The highest BCUT2D eigenvalue weighted by molar-refractivity contribution is 7.80. The molecule has 1 amide bonds. The Bertz CT molecular complexity index is 263. The van der Waals surface area contributed by atoms with E-state index in [0.29, 0.717) is 17.8 Å². The Morgan fingerprint density at radius 2 is 2.45 bits per heavy atom. The molecule has 0 aliphatic carbocycles. The molecule has 6 heteroatoms. The highest BCUT2D eigenvalue weighted by Gasteiger charge is 2.46. The topological polar surface area (TPSA) is 65.8 Å². The molecule has 1 unspecified atom stereocenters. The standard InChI is InChI=1S/C5H6N4OS/c10-4-5(8-9-7-4)2-1-3(11)6-5/h1-2H2,(H,6,11)(H,7,8,10). The van der Waals surface area contributed by atoms with Crippen LogP contribution in [-0.2, 0) is 4.79 Å². The van der Waals surface area contributed by atoms with Crippen molar-refractivity contribution in [3.63, 3.8) is 0 Å². The van der Waals surface area contributed by atoms with E-state index in [-0.39, 0.29) is 5.91 Å². The van der Waals surface area contributed by atoms with Gasteiger partial charge in [0, 0.05) is 12.8 Å². The van der Waals surface area contributed by atoms with Crippen molar-refractivity contribution in [2.45, 2.75) is 18.5 Å². The van der Waals surface area contributed by atoms with Gasteiger partial charge in [-0.3, -0.25) is 4.79 Å². The molecule has 11 heavy (non-hydrogen) atoms. The van der Waals surface area contributed by atoms with Gasteiger partial charge >= 0.3 is 0 Å². The molecule has 0 radical (unpaired) electrons. The molecule has 2 heterocycles. The first-order chi connectivity index (χ1) is 5.23. The lowest BCUT2D eigenvalue weighted by Gasteiger charge is -2.13. The zero-order valence-electron chi connectivity index (χ0n) is 5.63. The largest absolute Gasteiger partial charge is 0.346 e. The van der Waals surface area contributed by atoms with Gasteiger partial charge in [0.15, 0.2) is 0 Å². The minimum atomic E-state index is -0.864. The first kappa shape index (κ1) is 6.66. The molecule has 0 saturated carbocycles. The molecule has 0 aromatic carbocycles. The number of carbonyl (C=O) groups excluding carboxylic acids is 1. The van der Waals surface area contributed by atoms with Crippen molar-refractivity contribution in [1.82, 2.24) is 10.7 Å². The Balaban J connectivity index is 2.29. The zero-order valence-corrected chi connectivity index (χ0v) is 6.44. The van der Waals surface area contributed by atoms with Crippen molar-refractivity contribution in [2.24, 2.45) is 10.3 Å². The summed E-state index contributed by atoms with van der Waals surface area (Å²) in [6.45, 7) is 0. The number of thiocarbonyl (C=S) groups is 1. The lowest BCUT2D eigenvalue weighted by molar-refractivity contribution is -0.124. The van der Waals surface area contributed by atoms with Gasteiger partial charge in [-0.25, -0.2) is 5.43 Å². The first-order valence-corrected chi connectivity index (χ1v) is 3.67. The molecule has 2 aliphatic rings. The van der Waals surface area contributed by atoms with Crippen molar-refractivity contribution in [3.05, 3.63) is 0 Å². The van der Waals surface area contributed by atoms with Crippen molar-refractivity contribution in [3.8, 4) is 0 Å². The summed E-state index contributed by atoms with van der Waals surface area (Å²) in [4.78, 5) is 11.8. The first-order valence-electron chi connectivity index (χ1n) is 3.26. The summed E-state index contributed by atoms with van der Waals surface area (Å²) in [5, 5.41) is 10.0. The van der Waals surface area contributed by atoms with E-state index in [9.17, 15) is 4.79 Å². The summed E-state index contributed by atoms with van der Waals surface area (Å²) in [5.41, 5.74) is 1.41. The number of hydrogen-bond donors (Lipinski definition) is 2. The summed E-state index contributed by atoms with van der Waals surface area (Å²) in [6.07, 6.45) is 1.32. The minimum Gasteiger partial charge on any atom is -0.346 e. The van der Waals surface area contributed by atoms with Crippen molar-refractivity contribution >= 4 is 23.1 Å². The quantitative estimate of drug-likeness (QED) is 0.498. The maximum Gasteiger partial charge on any atom is 0.291 e. The SMILES string of the molecule is O=C1NN=NC12CCC(=S)N2. The van der Waals surface area contributed by atoms with E-state index in [2.05, 4.69) is 21.1 Å². The van der Waals surface area contributed by atoms with Crippen molar-refractivity contribution < 1.29 is 4.79 Å². The van der Waals surface area contributed by atoms with Crippen LogP contribution < -0.4 is 10.7 Å². The van der Waals surface area contributed by atoms with Crippen LogP contribution in [-0.4, -0.2) is 16.6 Å². The fourth-order valence-corrected chi connectivity index (χ4v) is 1.46. The van der Waals surface area contributed by atoms with E-state index >= 15 is 0 Å². The van der Waals surface area contributed by atoms with Gasteiger partial charge in [-0.2, -0.15) is 0 Å². The van der Waals surface area contributed by atoms with Gasteiger partial charge in [0.25, 0.3) is 5.91 Å². The fraction of sp³-hybridized carbons (Fsp3) is 0.600. The van der Waals surface area contributed by atoms with Crippen LogP contribution >= 0.6 is 12.2 Å². The van der Waals surface area contributed by atoms with Gasteiger partial charge < -0.3 is 5.32 Å². The molecule has 1 saturated heterocycles. The second kappa shape index (κ2) is 1.97. The Morgan fingerprint density at radius 1 is 1.64 bits per heavy atom. The fourth-order valence-electron chi connectivity index (χ4n) is 1.19. The van der Waals surface area contributed by atoms with Crippen LogP contribution in [0.4, 0.5) is 0 Å². The number of amides is 1. The summed E-state index contributed by atoms with van der Waals surface area (Å²) in [5.74, 6) is -0.211. The molecular formula is C5H6N4OS. The summed E-state index contributed by atoms with van der Waals surface area (Å²) in [7, 11) is 0. The highest BCUT2D eigenvalue weighted by Crippen LogP contribution is 2.25. The van der Waals surface area contributed by atoms with Crippen LogP contribution in [0.1, 0.15) is 12.8 Å². The Labute approximate surface area is 68.2 Å². The van der Waals surface area contributed by atoms with Crippen molar-refractivity contribution in [2.75, 3.05) is 0 Å². The third-order valence-electron chi connectivity index (χ3n) is 1.81. The molecule has 1 fully saturated rings. The van der Waals surface area contributed by atoms with E-state index < -0.39 is 5.66 Å². The minimum absolute atomic E-state index is 0.211. The third kappa shape index (κ3) is 0.823. The Kier molecular flexibility index (Phi) is 1.19. The van der Waals surface area contributed by atoms with Crippen LogP contribution in [0.15, 0.2) is 10.3 Å². The van der Waals surface area contributed by atoms with E-state index in [4.69, 9.17) is 12.2 Å². The molecule has 2 aliphatic heterocycles. The Morgan fingerprint density at radius 3 is 2.91 bits per heavy atom. The molecule has 58 valence electrons. The van der Waals surface area contributed by atoms with E-state index in [1.54, 1.807) is 0 Å².